The van der Waals surface area contributed by atoms with Gasteiger partial charge in [0.25, 0.3) is 0 Å². The Labute approximate surface area is 124 Å². The summed E-state index contributed by atoms with van der Waals surface area (Å²) in [6.07, 6.45) is 3.72. The van der Waals surface area contributed by atoms with Gasteiger partial charge in [0.2, 0.25) is 5.91 Å². The minimum absolute atomic E-state index is 0.117. The molecule has 1 aliphatic carbocycles. The summed E-state index contributed by atoms with van der Waals surface area (Å²) in [5.74, 6) is 1.61. The van der Waals surface area contributed by atoms with Gasteiger partial charge in [0.1, 0.15) is 5.82 Å². The molecule has 1 saturated carbocycles. The van der Waals surface area contributed by atoms with E-state index in [0.717, 1.165) is 22.5 Å². The number of nitrogens with two attached hydrogens (primary N) is 1. The lowest BCUT2D eigenvalue weighted by atomic mass is 9.85. The lowest BCUT2D eigenvalue weighted by molar-refractivity contribution is -0.118. The predicted octanol–water partition coefficient (Wildman–Crippen LogP) is 2.75. The number of imidazole rings is 1. The number of nitrogens with zero attached hydrogens (tertiary/aromatic N) is 1. The number of aromatic nitrogens is 2. The summed E-state index contributed by atoms with van der Waals surface area (Å²) in [4.78, 5) is 20.0. The van der Waals surface area contributed by atoms with E-state index in [-0.39, 0.29) is 11.8 Å². The molecule has 2 aromatic rings. The third kappa shape index (κ3) is 2.78. The molecule has 0 unspecified atom stereocenters. The van der Waals surface area contributed by atoms with Gasteiger partial charge in [-0.2, -0.15) is 0 Å². The van der Waals surface area contributed by atoms with Crippen molar-refractivity contribution in [2.75, 3.05) is 5.32 Å². The standard InChI is InChI=1S/C16H22N4O/c1-9(2)14(17)16(21)18-11-6-7-12-13(8-11)20-15(19-12)10-4-3-5-10/h6-10,14H,3-5,17H2,1-2H3,(H,18,21)(H,19,20)/t14-/m0/s1. The smallest absolute Gasteiger partial charge is 0.241 e. The van der Waals surface area contributed by atoms with Crippen LogP contribution in [0.5, 0.6) is 0 Å². The number of hydrogen-bond donors (Lipinski definition) is 3. The molecule has 1 atom stereocenters. The van der Waals surface area contributed by atoms with Crippen molar-refractivity contribution >= 4 is 22.6 Å². The number of benzene rings is 1. The van der Waals surface area contributed by atoms with Gasteiger partial charge >= 0.3 is 0 Å². The number of amides is 1. The van der Waals surface area contributed by atoms with Gasteiger partial charge in [-0.25, -0.2) is 4.98 Å². The van der Waals surface area contributed by atoms with E-state index in [0.29, 0.717) is 5.92 Å². The van der Waals surface area contributed by atoms with Gasteiger partial charge in [-0.1, -0.05) is 20.3 Å². The maximum absolute atomic E-state index is 12.0. The number of hydrogen-bond acceptors (Lipinski definition) is 3. The topological polar surface area (TPSA) is 83.8 Å². The zero-order valence-electron chi connectivity index (χ0n) is 12.5. The van der Waals surface area contributed by atoms with E-state index in [1.807, 2.05) is 32.0 Å². The van der Waals surface area contributed by atoms with Crippen molar-refractivity contribution in [2.45, 2.75) is 45.1 Å². The summed E-state index contributed by atoms with van der Waals surface area (Å²) in [7, 11) is 0. The van der Waals surface area contributed by atoms with Crippen LogP contribution in [0.2, 0.25) is 0 Å². The summed E-state index contributed by atoms with van der Waals surface area (Å²) in [5, 5.41) is 2.87. The van der Waals surface area contributed by atoms with Crippen LogP contribution >= 0.6 is 0 Å². The normalized spacial score (nSPS) is 17.0. The van der Waals surface area contributed by atoms with E-state index in [2.05, 4.69) is 15.3 Å². The quantitative estimate of drug-likeness (QED) is 0.808. The van der Waals surface area contributed by atoms with Crippen molar-refractivity contribution in [2.24, 2.45) is 11.7 Å². The molecule has 3 rings (SSSR count). The molecule has 5 heteroatoms. The lowest BCUT2D eigenvalue weighted by Crippen LogP contribution is -2.39. The maximum Gasteiger partial charge on any atom is 0.241 e. The Hall–Kier alpha value is -1.88. The zero-order chi connectivity index (χ0) is 15.0. The summed E-state index contributed by atoms with van der Waals surface area (Å²) in [6.45, 7) is 3.88. The minimum atomic E-state index is -0.493. The van der Waals surface area contributed by atoms with E-state index < -0.39 is 6.04 Å². The van der Waals surface area contributed by atoms with Crippen molar-refractivity contribution < 1.29 is 4.79 Å². The van der Waals surface area contributed by atoms with Crippen LogP contribution in [-0.4, -0.2) is 21.9 Å². The molecular formula is C16H22N4O. The van der Waals surface area contributed by atoms with E-state index in [9.17, 15) is 4.79 Å². The molecular weight excluding hydrogens is 264 g/mol. The fraction of sp³-hybridized carbons (Fsp3) is 0.500. The van der Waals surface area contributed by atoms with E-state index in [4.69, 9.17) is 5.73 Å². The second-order valence-corrected chi connectivity index (χ2v) is 6.24. The molecule has 0 bridgehead atoms. The molecule has 0 spiro atoms. The fourth-order valence-corrected chi connectivity index (χ4v) is 2.51. The van der Waals surface area contributed by atoms with Crippen LogP contribution in [0, 0.1) is 5.92 Å². The third-order valence-corrected chi connectivity index (χ3v) is 4.28. The molecule has 1 aromatic carbocycles. The van der Waals surface area contributed by atoms with E-state index in [1.54, 1.807) is 0 Å². The number of nitrogens with one attached hydrogen (secondary N) is 2. The molecule has 1 fully saturated rings. The van der Waals surface area contributed by atoms with Crippen molar-refractivity contribution in [1.29, 1.82) is 0 Å². The Morgan fingerprint density at radius 1 is 1.43 bits per heavy atom. The van der Waals surface area contributed by atoms with Crippen LogP contribution in [-0.2, 0) is 4.79 Å². The van der Waals surface area contributed by atoms with Gasteiger partial charge in [-0.3, -0.25) is 4.79 Å². The molecule has 1 amide bonds. The molecule has 1 heterocycles. The van der Waals surface area contributed by atoms with Crippen LogP contribution < -0.4 is 11.1 Å². The minimum Gasteiger partial charge on any atom is -0.342 e. The lowest BCUT2D eigenvalue weighted by Gasteiger charge is -2.22. The highest BCUT2D eigenvalue weighted by Gasteiger charge is 2.23. The molecule has 4 N–H and O–H groups in total. The number of rotatable bonds is 4. The molecule has 21 heavy (non-hydrogen) atoms. The first-order chi connectivity index (χ1) is 10.0. The van der Waals surface area contributed by atoms with E-state index >= 15 is 0 Å². The van der Waals surface area contributed by atoms with Crippen molar-refractivity contribution in [3.63, 3.8) is 0 Å². The first-order valence-electron chi connectivity index (χ1n) is 7.60. The number of anilines is 1. The van der Waals surface area contributed by atoms with Gasteiger partial charge in [0.15, 0.2) is 0 Å². The Morgan fingerprint density at radius 3 is 2.81 bits per heavy atom. The van der Waals surface area contributed by atoms with Gasteiger partial charge in [0.05, 0.1) is 17.1 Å². The molecule has 0 saturated heterocycles. The molecule has 1 aliphatic rings. The average Bonchev–Trinajstić information content (AvgIpc) is 2.77. The second-order valence-electron chi connectivity index (χ2n) is 6.24. The first kappa shape index (κ1) is 14.1. The number of fused-ring (bicyclic) bond motifs is 1. The Kier molecular flexibility index (Phi) is 3.68. The molecule has 1 aromatic heterocycles. The number of carbonyl (C=O) groups excluding carboxylic acids is 1. The number of H-pyrrole nitrogens is 1. The molecule has 112 valence electrons. The summed E-state index contributed by atoms with van der Waals surface area (Å²) in [6, 6.07) is 5.24. The predicted molar refractivity (Wildman–Crippen MR) is 84.1 cm³/mol. The number of carbonyl (C=O) groups is 1. The van der Waals surface area contributed by atoms with Gasteiger partial charge < -0.3 is 16.0 Å². The highest BCUT2D eigenvalue weighted by atomic mass is 16.2. The van der Waals surface area contributed by atoms with E-state index in [1.165, 1.54) is 19.3 Å². The molecule has 0 aliphatic heterocycles. The summed E-state index contributed by atoms with van der Waals surface area (Å²) in [5.41, 5.74) is 8.53. The van der Waals surface area contributed by atoms with Crippen LogP contribution in [0.1, 0.15) is 44.9 Å². The van der Waals surface area contributed by atoms with Crippen molar-refractivity contribution in [1.82, 2.24) is 9.97 Å². The van der Waals surface area contributed by atoms with Crippen molar-refractivity contribution in [3.05, 3.63) is 24.0 Å². The van der Waals surface area contributed by atoms with Crippen LogP contribution in [0.4, 0.5) is 5.69 Å². The Morgan fingerprint density at radius 2 is 2.19 bits per heavy atom. The molecule has 5 nitrogen and oxygen atoms in total. The largest absolute Gasteiger partial charge is 0.342 e. The summed E-state index contributed by atoms with van der Waals surface area (Å²) >= 11 is 0. The Balaban J connectivity index is 1.78. The highest BCUT2D eigenvalue weighted by Crippen LogP contribution is 2.35. The van der Waals surface area contributed by atoms with Crippen LogP contribution in [0.15, 0.2) is 18.2 Å². The maximum atomic E-state index is 12.0. The first-order valence-corrected chi connectivity index (χ1v) is 7.60. The Bertz CT molecular complexity index is 657. The average molecular weight is 286 g/mol. The second kappa shape index (κ2) is 5.48. The molecule has 0 radical (unpaired) electrons. The summed E-state index contributed by atoms with van der Waals surface area (Å²) < 4.78 is 0. The van der Waals surface area contributed by atoms with Gasteiger partial charge in [-0.05, 0) is 37.0 Å². The number of aromatic amines is 1. The zero-order valence-corrected chi connectivity index (χ0v) is 12.5. The van der Waals surface area contributed by atoms with Crippen LogP contribution in [0.3, 0.4) is 0 Å². The van der Waals surface area contributed by atoms with Gasteiger partial charge in [-0.15, -0.1) is 0 Å². The van der Waals surface area contributed by atoms with Gasteiger partial charge in [0, 0.05) is 11.6 Å². The SMILES string of the molecule is CC(C)[C@H](N)C(=O)Nc1ccc2nc(C3CCC3)[nH]c2c1. The highest BCUT2D eigenvalue weighted by molar-refractivity contribution is 5.96. The van der Waals surface area contributed by atoms with Crippen molar-refractivity contribution in [3.8, 4) is 0 Å². The third-order valence-electron chi connectivity index (χ3n) is 4.28. The van der Waals surface area contributed by atoms with Crippen LogP contribution in [0.25, 0.3) is 11.0 Å². The fourth-order valence-electron chi connectivity index (χ4n) is 2.51. The monoisotopic (exact) mass is 286 g/mol.